The summed E-state index contributed by atoms with van der Waals surface area (Å²) in [4.78, 5) is 21.6. The van der Waals surface area contributed by atoms with Gasteiger partial charge in [0.2, 0.25) is 0 Å². The second-order valence-corrected chi connectivity index (χ2v) is 7.71. The van der Waals surface area contributed by atoms with Gasteiger partial charge in [0.05, 0.1) is 12.3 Å². The third-order valence-electron chi connectivity index (χ3n) is 4.75. The van der Waals surface area contributed by atoms with Crippen LogP contribution in [-0.4, -0.2) is 34.7 Å². The fraction of sp³-hybridized carbons (Fsp3) is 0.300. The van der Waals surface area contributed by atoms with Crippen LogP contribution in [0.25, 0.3) is 0 Å². The molecule has 1 amide bonds. The van der Waals surface area contributed by atoms with Crippen LogP contribution in [0.1, 0.15) is 30.0 Å². The van der Waals surface area contributed by atoms with Crippen molar-refractivity contribution in [1.82, 2.24) is 5.06 Å². The Morgan fingerprint density at radius 2 is 1.90 bits per heavy atom. The standard InChI is InChI=1S/C20H17Cl2F3N2O4/c1-3-27(18(28)29)30-17-6-12(5-4-11(17)2)16-10-19(31-26-16,20(23,24)25)13-7-14(21)9-15(22)8-13/h4-9H,3,10H2,1-2H3,(H,28,29). The van der Waals surface area contributed by atoms with Gasteiger partial charge in [-0.1, -0.05) is 40.5 Å². The average molecular weight is 477 g/mol. The first-order chi connectivity index (χ1) is 14.5. The number of benzene rings is 2. The summed E-state index contributed by atoms with van der Waals surface area (Å²) < 4.78 is 42.4. The Bertz CT molecular complexity index is 1030. The molecule has 2 aromatic carbocycles. The SMILES string of the molecule is CCN(Oc1cc(C2=NOC(c3cc(Cl)cc(Cl)c3)(C(F)(F)F)C2)ccc1C)C(=O)O. The van der Waals surface area contributed by atoms with E-state index in [0.717, 1.165) is 12.1 Å². The lowest BCUT2D eigenvalue weighted by atomic mass is 9.86. The highest BCUT2D eigenvalue weighted by atomic mass is 35.5. The molecular weight excluding hydrogens is 460 g/mol. The average Bonchev–Trinajstić information content (AvgIpc) is 3.13. The van der Waals surface area contributed by atoms with Gasteiger partial charge in [-0.15, -0.1) is 5.06 Å². The fourth-order valence-corrected chi connectivity index (χ4v) is 3.61. The van der Waals surface area contributed by atoms with Crippen LogP contribution in [0, 0.1) is 6.92 Å². The van der Waals surface area contributed by atoms with Gasteiger partial charge >= 0.3 is 12.3 Å². The Hall–Kier alpha value is -2.65. The number of aryl methyl sites for hydroxylation is 1. The van der Waals surface area contributed by atoms with Crippen molar-refractivity contribution in [2.75, 3.05) is 6.54 Å². The van der Waals surface area contributed by atoms with E-state index < -0.39 is 24.3 Å². The van der Waals surface area contributed by atoms with Crippen molar-refractivity contribution in [3.8, 4) is 5.75 Å². The van der Waals surface area contributed by atoms with Crippen molar-refractivity contribution in [1.29, 1.82) is 0 Å². The smallest absolute Gasteiger partial charge is 0.440 e. The number of hydrogen-bond donors (Lipinski definition) is 1. The number of alkyl halides is 3. The minimum atomic E-state index is -4.82. The zero-order valence-corrected chi connectivity index (χ0v) is 17.8. The molecule has 0 aromatic heterocycles. The number of rotatable bonds is 5. The molecule has 2 aromatic rings. The topological polar surface area (TPSA) is 71.4 Å². The molecule has 1 unspecified atom stereocenters. The van der Waals surface area contributed by atoms with E-state index in [0.29, 0.717) is 16.2 Å². The molecule has 1 N–H and O–H groups in total. The Morgan fingerprint density at radius 3 is 2.45 bits per heavy atom. The van der Waals surface area contributed by atoms with Crippen LogP contribution >= 0.6 is 23.2 Å². The van der Waals surface area contributed by atoms with E-state index in [2.05, 4.69) is 5.16 Å². The lowest BCUT2D eigenvalue weighted by Crippen LogP contribution is -2.42. The van der Waals surface area contributed by atoms with Crippen molar-refractivity contribution in [2.24, 2.45) is 5.16 Å². The van der Waals surface area contributed by atoms with Crippen LogP contribution in [0.2, 0.25) is 10.0 Å². The fourth-order valence-electron chi connectivity index (χ4n) is 3.08. The molecule has 1 aliphatic heterocycles. The first kappa shape index (κ1) is 23.0. The van der Waals surface area contributed by atoms with E-state index in [9.17, 15) is 18.0 Å². The number of oxime groups is 1. The number of amides is 1. The molecule has 1 heterocycles. The maximum atomic E-state index is 14.1. The summed E-state index contributed by atoms with van der Waals surface area (Å²) in [6, 6.07) is 8.15. The van der Waals surface area contributed by atoms with Gasteiger partial charge in [0, 0.05) is 27.6 Å². The van der Waals surface area contributed by atoms with Crippen molar-refractivity contribution in [2.45, 2.75) is 32.0 Å². The first-order valence-corrected chi connectivity index (χ1v) is 9.80. The zero-order valence-electron chi connectivity index (χ0n) is 16.3. The number of hydrogen-bond acceptors (Lipinski definition) is 4. The Kier molecular flexibility index (Phi) is 6.29. The number of carbonyl (C=O) groups is 1. The zero-order chi connectivity index (χ0) is 23.0. The van der Waals surface area contributed by atoms with E-state index in [4.69, 9.17) is 38.0 Å². The first-order valence-electron chi connectivity index (χ1n) is 9.04. The monoisotopic (exact) mass is 476 g/mol. The maximum Gasteiger partial charge on any atom is 0.440 e. The predicted molar refractivity (Wildman–Crippen MR) is 109 cm³/mol. The van der Waals surface area contributed by atoms with Crippen LogP contribution in [0.5, 0.6) is 5.75 Å². The van der Waals surface area contributed by atoms with Gasteiger partial charge < -0.3 is 14.8 Å². The van der Waals surface area contributed by atoms with E-state index >= 15 is 0 Å². The summed E-state index contributed by atoms with van der Waals surface area (Å²) in [6.45, 7) is 3.31. The second-order valence-electron chi connectivity index (χ2n) is 6.84. The largest absolute Gasteiger partial charge is 0.463 e. The van der Waals surface area contributed by atoms with Gasteiger partial charge in [-0.05, 0) is 43.7 Å². The molecular formula is C20H17Cl2F3N2O4. The van der Waals surface area contributed by atoms with E-state index in [1.54, 1.807) is 26.0 Å². The van der Waals surface area contributed by atoms with Gasteiger partial charge in [0.1, 0.15) is 0 Å². The predicted octanol–water partition coefficient (Wildman–Crippen LogP) is 6.18. The van der Waals surface area contributed by atoms with Gasteiger partial charge in [0.25, 0.3) is 5.60 Å². The summed E-state index contributed by atoms with van der Waals surface area (Å²) in [5.41, 5.74) is -2.15. The molecule has 0 fully saturated rings. The van der Waals surface area contributed by atoms with Crippen LogP contribution < -0.4 is 4.84 Å². The molecule has 0 saturated heterocycles. The van der Waals surface area contributed by atoms with E-state index in [-0.39, 0.29) is 33.6 Å². The van der Waals surface area contributed by atoms with Gasteiger partial charge in [0.15, 0.2) is 5.75 Å². The third kappa shape index (κ3) is 4.52. The molecule has 11 heteroatoms. The molecule has 6 nitrogen and oxygen atoms in total. The lowest BCUT2D eigenvalue weighted by Gasteiger charge is -2.29. The summed E-state index contributed by atoms with van der Waals surface area (Å²) in [5, 5.41) is 13.6. The molecule has 31 heavy (non-hydrogen) atoms. The highest BCUT2D eigenvalue weighted by molar-refractivity contribution is 6.34. The molecule has 0 aliphatic carbocycles. The Labute approximate surface area is 185 Å². The lowest BCUT2D eigenvalue weighted by molar-refractivity contribution is -0.275. The van der Waals surface area contributed by atoms with Crippen molar-refractivity contribution < 1.29 is 32.7 Å². The minimum Gasteiger partial charge on any atom is -0.463 e. The maximum absolute atomic E-state index is 14.1. The van der Waals surface area contributed by atoms with Gasteiger partial charge in [-0.2, -0.15) is 13.2 Å². The molecule has 0 radical (unpaired) electrons. The van der Waals surface area contributed by atoms with Crippen LogP contribution in [0.3, 0.4) is 0 Å². The summed E-state index contributed by atoms with van der Waals surface area (Å²) in [5.74, 6) is 0.166. The number of halogens is 5. The number of nitrogens with zero attached hydrogens (tertiary/aromatic N) is 2. The summed E-state index contributed by atoms with van der Waals surface area (Å²) >= 11 is 11.8. The van der Waals surface area contributed by atoms with Crippen LogP contribution in [0.4, 0.5) is 18.0 Å². The minimum absolute atomic E-state index is 0.0108. The highest BCUT2D eigenvalue weighted by Crippen LogP contribution is 2.49. The van der Waals surface area contributed by atoms with Crippen molar-refractivity contribution >= 4 is 35.0 Å². The number of hydroxylamine groups is 2. The molecule has 3 rings (SSSR count). The summed E-state index contributed by atoms with van der Waals surface area (Å²) in [6.07, 6.45) is -6.76. The van der Waals surface area contributed by atoms with Gasteiger partial charge in [-0.25, -0.2) is 4.79 Å². The third-order valence-corrected chi connectivity index (χ3v) is 5.18. The molecule has 1 aliphatic rings. The molecule has 0 saturated carbocycles. The second kappa shape index (κ2) is 8.47. The van der Waals surface area contributed by atoms with Crippen LogP contribution in [-0.2, 0) is 10.4 Å². The van der Waals surface area contributed by atoms with E-state index in [1.807, 2.05) is 0 Å². The Balaban J connectivity index is 1.97. The Morgan fingerprint density at radius 1 is 1.26 bits per heavy atom. The molecule has 166 valence electrons. The normalized spacial score (nSPS) is 18.4. The van der Waals surface area contributed by atoms with Crippen molar-refractivity contribution in [3.63, 3.8) is 0 Å². The quantitative estimate of drug-likeness (QED) is 0.523. The molecule has 1 atom stereocenters. The molecule has 0 spiro atoms. The molecule has 0 bridgehead atoms. The van der Waals surface area contributed by atoms with Crippen LogP contribution in [0.15, 0.2) is 41.6 Å². The van der Waals surface area contributed by atoms with Crippen molar-refractivity contribution in [3.05, 3.63) is 63.1 Å². The highest BCUT2D eigenvalue weighted by Gasteiger charge is 2.62. The number of carboxylic acid groups (broad SMARTS) is 1. The van der Waals surface area contributed by atoms with E-state index in [1.165, 1.54) is 12.1 Å². The van der Waals surface area contributed by atoms with Gasteiger partial charge in [-0.3, -0.25) is 0 Å². The summed E-state index contributed by atoms with van der Waals surface area (Å²) in [7, 11) is 0.